The van der Waals surface area contributed by atoms with Crippen molar-refractivity contribution < 1.29 is 4.79 Å². The fraction of sp³-hybridized carbons (Fsp3) is 0.733. The van der Waals surface area contributed by atoms with Crippen LogP contribution in [0.25, 0.3) is 0 Å². The number of carbonyl (C=O) groups excluding carboxylic acids is 1. The van der Waals surface area contributed by atoms with Gasteiger partial charge in [0.05, 0.1) is 22.8 Å². The SMILES string of the molecule is CN(C)CCn1ncc(Br)c1C(=O)C(C)(C)N1CCCC1. The molecule has 1 aromatic heterocycles. The molecule has 0 unspecified atom stereocenters. The van der Waals surface area contributed by atoms with Crippen LogP contribution in [0.2, 0.25) is 0 Å². The Kier molecular flexibility index (Phi) is 5.22. The first-order valence-electron chi connectivity index (χ1n) is 7.50. The van der Waals surface area contributed by atoms with Crippen molar-refractivity contribution in [3.63, 3.8) is 0 Å². The van der Waals surface area contributed by atoms with E-state index in [4.69, 9.17) is 0 Å². The Hall–Kier alpha value is -0.720. The van der Waals surface area contributed by atoms with Gasteiger partial charge < -0.3 is 4.90 Å². The Morgan fingerprint density at radius 2 is 2.00 bits per heavy atom. The summed E-state index contributed by atoms with van der Waals surface area (Å²) in [6, 6.07) is 0. The quantitative estimate of drug-likeness (QED) is 0.733. The smallest absolute Gasteiger partial charge is 0.201 e. The molecule has 1 saturated heterocycles. The average Bonchev–Trinajstić information content (AvgIpc) is 3.05. The number of ketones is 1. The highest BCUT2D eigenvalue weighted by molar-refractivity contribution is 9.10. The van der Waals surface area contributed by atoms with E-state index >= 15 is 0 Å². The maximum Gasteiger partial charge on any atom is 0.201 e. The van der Waals surface area contributed by atoms with E-state index in [0.29, 0.717) is 5.69 Å². The second-order valence-electron chi connectivity index (χ2n) is 6.45. The number of hydrogen-bond donors (Lipinski definition) is 0. The number of rotatable bonds is 6. The predicted molar refractivity (Wildman–Crippen MR) is 87.7 cm³/mol. The van der Waals surface area contributed by atoms with E-state index in [1.165, 1.54) is 12.8 Å². The van der Waals surface area contributed by atoms with Crippen LogP contribution in [0.15, 0.2) is 10.7 Å². The molecule has 0 spiro atoms. The zero-order valence-corrected chi connectivity index (χ0v) is 15.0. The van der Waals surface area contributed by atoms with Gasteiger partial charge in [0, 0.05) is 6.54 Å². The van der Waals surface area contributed by atoms with E-state index in [0.717, 1.165) is 30.7 Å². The molecule has 1 aliphatic heterocycles. The van der Waals surface area contributed by atoms with E-state index in [-0.39, 0.29) is 5.78 Å². The molecule has 0 amide bonds. The van der Waals surface area contributed by atoms with Crippen LogP contribution in [0.3, 0.4) is 0 Å². The molecular weight excluding hydrogens is 332 g/mol. The third-order valence-corrected chi connectivity index (χ3v) is 4.80. The molecule has 0 aromatic carbocycles. The number of Topliss-reactive ketones (excluding diaryl/α,β-unsaturated/α-hetero) is 1. The van der Waals surface area contributed by atoms with Gasteiger partial charge in [0.2, 0.25) is 5.78 Å². The highest BCUT2D eigenvalue weighted by Gasteiger charge is 2.39. The van der Waals surface area contributed by atoms with Crippen LogP contribution < -0.4 is 0 Å². The molecule has 0 N–H and O–H groups in total. The number of halogens is 1. The first-order chi connectivity index (χ1) is 9.84. The molecular formula is C15H25BrN4O. The highest BCUT2D eigenvalue weighted by atomic mass is 79.9. The van der Waals surface area contributed by atoms with Crippen molar-refractivity contribution in [2.75, 3.05) is 33.7 Å². The second-order valence-corrected chi connectivity index (χ2v) is 7.30. The topological polar surface area (TPSA) is 41.4 Å². The summed E-state index contributed by atoms with van der Waals surface area (Å²) >= 11 is 3.49. The lowest BCUT2D eigenvalue weighted by molar-refractivity contribution is 0.0689. The van der Waals surface area contributed by atoms with Gasteiger partial charge in [-0.2, -0.15) is 5.10 Å². The molecule has 0 radical (unpaired) electrons. The van der Waals surface area contributed by atoms with Crippen LogP contribution in [0.1, 0.15) is 37.2 Å². The molecule has 2 heterocycles. The lowest BCUT2D eigenvalue weighted by atomic mass is 9.94. The maximum atomic E-state index is 13.1. The number of hydrogen-bond acceptors (Lipinski definition) is 4. The normalized spacial score (nSPS) is 16.9. The Morgan fingerprint density at radius 3 is 2.57 bits per heavy atom. The van der Waals surface area contributed by atoms with Crippen LogP contribution in [-0.2, 0) is 6.54 Å². The number of aromatic nitrogens is 2. The lowest BCUT2D eigenvalue weighted by Crippen LogP contribution is -2.49. The minimum Gasteiger partial charge on any atom is -0.308 e. The van der Waals surface area contributed by atoms with Crippen LogP contribution in [0, 0.1) is 0 Å². The number of likely N-dealkylation sites (N-methyl/N-ethyl adjacent to an activating group) is 1. The fourth-order valence-corrected chi connectivity index (χ4v) is 3.24. The number of nitrogens with zero attached hydrogens (tertiary/aromatic N) is 4. The third-order valence-electron chi connectivity index (χ3n) is 4.22. The van der Waals surface area contributed by atoms with Crippen LogP contribution >= 0.6 is 15.9 Å². The molecule has 0 aliphatic carbocycles. The van der Waals surface area contributed by atoms with Crippen molar-refractivity contribution in [2.24, 2.45) is 0 Å². The second kappa shape index (κ2) is 6.58. The molecule has 0 atom stereocenters. The summed E-state index contributed by atoms with van der Waals surface area (Å²) in [4.78, 5) is 17.4. The summed E-state index contributed by atoms with van der Waals surface area (Å²) < 4.78 is 2.61. The van der Waals surface area contributed by atoms with Crippen molar-refractivity contribution in [3.8, 4) is 0 Å². The van der Waals surface area contributed by atoms with Crippen molar-refractivity contribution in [2.45, 2.75) is 38.8 Å². The van der Waals surface area contributed by atoms with Gasteiger partial charge in [-0.25, -0.2) is 0 Å². The van der Waals surface area contributed by atoms with Crippen LogP contribution in [0.5, 0.6) is 0 Å². The first-order valence-corrected chi connectivity index (χ1v) is 8.29. The number of carbonyl (C=O) groups is 1. The maximum absolute atomic E-state index is 13.1. The van der Waals surface area contributed by atoms with Gasteiger partial charge in [0.25, 0.3) is 0 Å². The summed E-state index contributed by atoms with van der Waals surface area (Å²) in [5, 5.41) is 4.35. The molecule has 6 heteroatoms. The molecule has 1 aromatic rings. The molecule has 0 saturated carbocycles. The molecule has 2 rings (SSSR count). The molecule has 1 aliphatic rings. The zero-order chi connectivity index (χ0) is 15.6. The van der Waals surface area contributed by atoms with Gasteiger partial charge in [-0.1, -0.05) is 0 Å². The zero-order valence-electron chi connectivity index (χ0n) is 13.4. The molecule has 21 heavy (non-hydrogen) atoms. The largest absolute Gasteiger partial charge is 0.308 e. The minimum atomic E-state index is -0.477. The Bertz CT molecular complexity index is 504. The van der Waals surface area contributed by atoms with Crippen molar-refractivity contribution in [1.29, 1.82) is 0 Å². The Morgan fingerprint density at radius 1 is 1.38 bits per heavy atom. The Balaban J connectivity index is 2.23. The van der Waals surface area contributed by atoms with Gasteiger partial charge >= 0.3 is 0 Å². The van der Waals surface area contributed by atoms with Crippen LogP contribution in [-0.4, -0.2) is 64.6 Å². The van der Waals surface area contributed by atoms with E-state index in [1.54, 1.807) is 6.20 Å². The average molecular weight is 357 g/mol. The van der Waals surface area contributed by atoms with Gasteiger partial charge in [-0.3, -0.25) is 14.4 Å². The summed E-state index contributed by atoms with van der Waals surface area (Å²) in [5.74, 6) is 0.146. The molecule has 118 valence electrons. The summed E-state index contributed by atoms with van der Waals surface area (Å²) in [6.45, 7) is 7.63. The molecule has 5 nitrogen and oxygen atoms in total. The number of likely N-dealkylation sites (tertiary alicyclic amines) is 1. The molecule has 0 bridgehead atoms. The van der Waals surface area contributed by atoms with Crippen molar-refractivity contribution >= 4 is 21.7 Å². The summed E-state index contributed by atoms with van der Waals surface area (Å²) in [7, 11) is 4.04. The van der Waals surface area contributed by atoms with Gasteiger partial charge in [0.15, 0.2) is 0 Å². The Labute approximate surface area is 135 Å². The van der Waals surface area contributed by atoms with Crippen LogP contribution in [0.4, 0.5) is 0 Å². The molecule has 1 fully saturated rings. The van der Waals surface area contributed by atoms with Gasteiger partial charge in [0.1, 0.15) is 5.69 Å². The van der Waals surface area contributed by atoms with Gasteiger partial charge in [-0.15, -0.1) is 0 Å². The minimum absolute atomic E-state index is 0.146. The van der Waals surface area contributed by atoms with Crippen molar-refractivity contribution in [1.82, 2.24) is 19.6 Å². The highest BCUT2D eigenvalue weighted by Crippen LogP contribution is 2.28. The van der Waals surface area contributed by atoms with E-state index in [9.17, 15) is 4.79 Å². The monoisotopic (exact) mass is 356 g/mol. The third kappa shape index (κ3) is 3.55. The van der Waals surface area contributed by atoms with E-state index in [1.807, 2.05) is 32.6 Å². The summed E-state index contributed by atoms with van der Waals surface area (Å²) in [6.07, 6.45) is 4.08. The van der Waals surface area contributed by atoms with E-state index < -0.39 is 5.54 Å². The summed E-state index contributed by atoms with van der Waals surface area (Å²) in [5.41, 5.74) is 0.211. The van der Waals surface area contributed by atoms with Gasteiger partial charge in [-0.05, 0) is 69.8 Å². The predicted octanol–water partition coefficient (Wildman–Crippen LogP) is 2.26. The first kappa shape index (κ1) is 16.6. The standard InChI is InChI=1S/C15H25BrN4O/c1-15(2,19-7-5-6-8-19)14(21)13-12(16)11-17-20(13)10-9-18(3)4/h11H,5-10H2,1-4H3. The lowest BCUT2D eigenvalue weighted by Gasteiger charge is -2.34. The van der Waals surface area contributed by atoms with Crippen molar-refractivity contribution in [3.05, 3.63) is 16.4 Å². The fourth-order valence-electron chi connectivity index (χ4n) is 2.76. The van der Waals surface area contributed by atoms with E-state index in [2.05, 4.69) is 30.8 Å².